The number of nitrogens with zero attached hydrogens (tertiary/aromatic N) is 3. The summed E-state index contributed by atoms with van der Waals surface area (Å²) in [7, 11) is 0. The van der Waals surface area contributed by atoms with E-state index >= 15 is 0 Å². The number of aryl methyl sites for hydroxylation is 1. The lowest BCUT2D eigenvalue weighted by Gasteiger charge is -2.35. The smallest absolute Gasteiger partial charge is 0.147 e. The Balaban J connectivity index is 0.000000686. The molecule has 0 amide bonds. The minimum Gasteiger partial charge on any atom is -0.372 e. The Morgan fingerprint density at radius 2 is 1.71 bits per heavy atom. The zero-order valence-electron chi connectivity index (χ0n) is 11.5. The van der Waals surface area contributed by atoms with E-state index in [1.54, 1.807) is 6.20 Å². The summed E-state index contributed by atoms with van der Waals surface area (Å²) in [5.74, 6) is 0.947. The predicted molar refractivity (Wildman–Crippen MR) is 70.3 cm³/mol. The Morgan fingerprint density at radius 1 is 1.12 bits per heavy atom. The Morgan fingerprint density at radius 3 is 2.18 bits per heavy atom. The molecule has 2 heterocycles. The number of aromatic nitrogens is 2. The number of morpholine rings is 1. The zero-order chi connectivity index (χ0) is 12.8. The molecule has 1 fully saturated rings. The van der Waals surface area contributed by atoms with Gasteiger partial charge in [-0.05, 0) is 20.8 Å². The highest BCUT2D eigenvalue weighted by Gasteiger charge is 2.22. The molecule has 1 aromatic heterocycles. The van der Waals surface area contributed by atoms with E-state index in [4.69, 9.17) is 4.74 Å². The van der Waals surface area contributed by atoms with Crippen molar-refractivity contribution in [1.29, 1.82) is 0 Å². The second-order valence-electron chi connectivity index (χ2n) is 4.18. The van der Waals surface area contributed by atoms with Crippen molar-refractivity contribution in [2.45, 2.75) is 46.8 Å². The van der Waals surface area contributed by atoms with Crippen molar-refractivity contribution in [2.24, 2.45) is 0 Å². The third-order valence-corrected chi connectivity index (χ3v) is 2.51. The first-order valence-electron chi connectivity index (χ1n) is 6.34. The first-order chi connectivity index (χ1) is 8.15. The molecule has 4 heteroatoms. The number of hydrogen-bond acceptors (Lipinski definition) is 4. The van der Waals surface area contributed by atoms with E-state index in [1.165, 1.54) is 0 Å². The third-order valence-electron chi connectivity index (χ3n) is 2.51. The number of hydrogen-bond donors (Lipinski definition) is 0. The summed E-state index contributed by atoms with van der Waals surface area (Å²) in [5, 5.41) is 0. The highest BCUT2D eigenvalue weighted by molar-refractivity contribution is 5.36. The van der Waals surface area contributed by atoms with Gasteiger partial charge in [0, 0.05) is 13.1 Å². The van der Waals surface area contributed by atoms with Crippen molar-refractivity contribution < 1.29 is 4.74 Å². The minimum atomic E-state index is 0.261. The molecule has 2 atom stereocenters. The minimum absolute atomic E-state index is 0.261. The quantitative estimate of drug-likeness (QED) is 0.752. The fraction of sp³-hybridized carbons (Fsp3) is 0.692. The first-order valence-corrected chi connectivity index (χ1v) is 6.34. The van der Waals surface area contributed by atoms with Crippen molar-refractivity contribution >= 4 is 5.82 Å². The molecular weight excluding hydrogens is 214 g/mol. The summed E-state index contributed by atoms with van der Waals surface area (Å²) in [6, 6.07) is 0. The molecule has 0 aromatic carbocycles. The molecule has 1 saturated heterocycles. The molecule has 17 heavy (non-hydrogen) atoms. The van der Waals surface area contributed by atoms with Crippen LogP contribution in [0.4, 0.5) is 5.82 Å². The van der Waals surface area contributed by atoms with Gasteiger partial charge in [-0.25, -0.2) is 4.98 Å². The van der Waals surface area contributed by atoms with Gasteiger partial charge in [0.05, 0.1) is 30.3 Å². The molecule has 4 nitrogen and oxygen atoms in total. The van der Waals surface area contributed by atoms with Crippen LogP contribution in [0.5, 0.6) is 0 Å². The van der Waals surface area contributed by atoms with E-state index in [-0.39, 0.29) is 12.2 Å². The van der Waals surface area contributed by atoms with Gasteiger partial charge in [0.1, 0.15) is 5.82 Å². The summed E-state index contributed by atoms with van der Waals surface area (Å²) in [6.45, 7) is 11.9. The molecule has 0 N–H and O–H groups in total. The Bertz CT molecular complexity index is 316. The van der Waals surface area contributed by atoms with E-state index in [0.717, 1.165) is 24.6 Å². The topological polar surface area (TPSA) is 38.2 Å². The van der Waals surface area contributed by atoms with E-state index in [0.29, 0.717) is 0 Å². The van der Waals surface area contributed by atoms with Gasteiger partial charge in [0.2, 0.25) is 0 Å². The molecule has 96 valence electrons. The monoisotopic (exact) mass is 237 g/mol. The molecule has 1 aromatic rings. The predicted octanol–water partition coefficient (Wildman–Crippen LogP) is 2.42. The van der Waals surface area contributed by atoms with Crippen LogP contribution >= 0.6 is 0 Å². The molecule has 2 rings (SSSR count). The Kier molecular flexibility index (Phi) is 5.35. The van der Waals surface area contributed by atoms with Crippen molar-refractivity contribution in [3.63, 3.8) is 0 Å². The summed E-state index contributed by atoms with van der Waals surface area (Å²) in [4.78, 5) is 10.9. The molecular formula is C13H23N3O. The van der Waals surface area contributed by atoms with E-state index in [1.807, 2.05) is 27.0 Å². The highest BCUT2D eigenvalue weighted by atomic mass is 16.5. The van der Waals surface area contributed by atoms with Crippen molar-refractivity contribution in [3.05, 3.63) is 18.1 Å². The summed E-state index contributed by atoms with van der Waals surface area (Å²) in [6.07, 6.45) is 4.16. The lowest BCUT2D eigenvalue weighted by atomic mass is 10.2. The maximum atomic E-state index is 5.67. The molecule has 1 aliphatic rings. The van der Waals surface area contributed by atoms with Crippen LogP contribution in [0.1, 0.15) is 33.4 Å². The maximum absolute atomic E-state index is 5.67. The second-order valence-corrected chi connectivity index (χ2v) is 4.18. The zero-order valence-corrected chi connectivity index (χ0v) is 11.5. The van der Waals surface area contributed by atoms with E-state index in [2.05, 4.69) is 28.7 Å². The number of anilines is 1. The maximum Gasteiger partial charge on any atom is 0.147 e. The van der Waals surface area contributed by atoms with Gasteiger partial charge < -0.3 is 9.64 Å². The number of ether oxygens (including phenoxy) is 1. The largest absolute Gasteiger partial charge is 0.372 e. The molecule has 1 aliphatic heterocycles. The van der Waals surface area contributed by atoms with Gasteiger partial charge in [0.15, 0.2) is 0 Å². The average Bonchev–Trinajstić information content (AvgIpc) is 2.31. The Labute approximate surface area is 104 Å². The molecule has 0 saturated carbocycles. The first kappa shape index (κ1) is 13.9. The van der Waals surface area contributed by atoms with Gasteiger partial charge >= 0.3 is 0 Å². The molecule has 0 spiro atoms. The normalized spacial score (nSPS) is 23.9. The van der Waals surface area contributed by atoms with Crippen LogP contribution in [-0.4, -0.2) is 35.3 Å². The lowest BCUT2D eigenvalue weighted by molar-refractivity contribution is -0.00547. The molecule has 0 bridgehead atoms. The van der Waals surface area contributed by atoms with Gasteiger partial charge in [-0.3, -0.25) is 4.98 Å². The van der Waals surface area contributed by atoms with Crippen LogP contribution in [0.2, 0.25) is 0 Å². The lowest BCUT2D eigenvalue weighted by Crippen LogP contribution is -2.45. The number of rotatable bonds is 1. The van der Waals surface area contributed by atoms with Crippen molar-refractivity contribution in [3.8, 4) is 0 Å². The van der Waals surface area contributed by atoms with E-state index < -0.39 is 0 Å². The van der Waals surface area contributed by atoms with Crippen molar-refractivity contribution in [2.75, 3.05) is 18.0 Å². The standard InChI is InChI=1S/C11H17N3O.C2H6/c1-8-4-13-11(5-12-8)14-6-9(2)15-10(3)7-14;1-2/h4-5,9-10H,6-7H2,1-3H3;1-2H3. The highest BCUT2D eigenvalue weighted by Crippen LogP contribution is 2.16. The fourth-order valence-electron chi connectivity index (χ4n) is 1.91. The van der Waals surface area contributed by atoms with Crippen LogP contribution in [0.15, 0.2) is 12.4 Å². The SMILES string of the molecule is CC.Cc1cnc(N2CC(C)OC(C)C2)cn1. The van der Waals surface area contributed by atoms with Gasteiger partial charge in [-0.15, -0.1) is 0 Å². The molecule has 2 unspecified atom stereocenters. The average molecular weight is 237 g/mol. The second kappa shape index (κ2) is 6.55. The van der Waals surface area contributed by atoms with Crippen LogP contribution in [0, 0.1) is 6.92 Å². The fourth-order valence-corrected chi connectivity index (χ4v) is 1.91. The third kappa shape index (κ3) is 3.97. The van der Waals surface area contributed by atoms with E-state index in [9.17, 15) is 0 Å². The summed E-state index contributed by atoms with van der Waals surface area (Å²) < 4.78 is 5.67. The van der Waals surface area contributed by atoms with Crippen LogP contribution < -0.4 is 4.90 Å². The van der Waals surface area contributed by atoms with Crippen molar-refractivity contribution in [1.82, 2.24) is 9.97 Å². The van der Waals surface area contributed by atoms with Crippen LogP contribution in [0.3, 0.4) is 0 Å². The summed E-state index contributed by atoms with van der Waals surface area (Å²) >= 11 is 0. The van der Waals surface area contributed by atoms with Crippen LogP contribution in [0.25, 0.3) is 0 Å². The van der Waals surface area contributed by atoms with Gasteiger partial charge in [0.25, 0.3) is 0 Å². The Hall–Kier alpha value is -1.16. The summed E-state index contributed by atoms with van der Waals surface area (Å²) in [5.41, 5.74) is 0.952. The van der Waals surface area contributed by atoms with Gasteiger partial charge in [-0.2, -0.15) is 0 Å². The van der Waals surface area contributed by atoms with Crippen LogP contribution in [-0.2, 0) is 4.74 Å². The molecule has 0 radical (unpaired) electrons. The molecule has 0 aliphatic carbocycles. The van der Waals surface area contributed by atoms with Gasteiger partial charge in [-0.1, -0.05) is 13.8 Å².